The summed E-state index contributed by atoms with van der Waals surface area (Å²) in [5.74, 6) is 0.723. The number of rotatable bonds is 3. The van der Waals surface area contributed by atoms with E-state index >= 15 is 0 Å². The Labute approximate surface area is 117 Å². The van der Waals surface area contributed by atoms with Gasteiger partial charge >= 0.3 is 0 Å². The molecule has 0 radical (unpaired) electrons. The summed E-state index contributed by atoms with van der Waals surface area (Å²) in [4.78, 5) is 18.6. The number of aryl methyl sites for hydroxylation is 1. The number of amides is 1. The number of ether oxygens (including phenoxy) is 2. The summed E-state index contributed by atoms with van der Waals surface area (Å²) in [6.07, 6.45) is 2.74. The standard InChI is InChI=1S/C13H20N4O3/c1-19-10-7-17(8-11(10)20-2)12(18)9-6-16-5-3-4-14-13(16)15-9/h6,10-11H,3-5,7-8H2,1-2H3,(H,14,15). The van der Waals surface area contributed by atoms with Crippen LogP contribution in [-0.2, 0) is 16.0 Å². The fourth-order valence-corrected chi connectivity index (χ4v) is 2.80. The highest BCUT2D eigenvalue weighted by molar-refractivity contribution is 5.93. The van der Waals surface area contributed by atoms with Gasteiger partial charge in [0.25, 0.3) is 5.91 Å². The van der Waals surface area contributed by atoms with E-state index in [-0.39, 0.29) is 18.1 Å². The summed E-state index contributed by atoms with van der Waals surface area (Å²) in [7, 11) is 3.29. The molecule has 1 aromatic rings. The number of carbonyl (C=O) groups is 1. The normalized spacial score (nSPS) is 25.4. The van der Waals surface area contributed by atoms with Crippen LogP contribution in [0.25, 0.3) is 0 Å². The third kappa shape index (κ3) is 2.27. The van der Waals surface area contributed by atoms with Crippen molar-refractivity contribution in [2.75, 3.05) is 39.2 Å². The van der Waals surface area contributed by atoms with Crippen LogP contribution in [0.5, 0.6) is 0 Å². The summed E-state index contributed by atoms with van der Waals surface area (Å²) >= 11 is 0. The van der Waals surface area contributed by atoms with Crippen molar-refractivity contribution in [1.29, 1.82) is 0 Å². The maximum absolute atomic E-state index is 12.5. The molecule has 1 amide bonds. The highest BCUT2D eigenvalue weighted by Gasteiger charge is 2.36. The number of likely N-dealkylation sites (tertiary alicyclic amines) is 1. The second-order valence-corrected chi connectivity index (χ2v) is 5.18. The van der Waals surface area contributed by atoms with Crippen LogP contribution in [-0.4, -0.2) is 66.4 Å². The Balaban J connectivity index is 1.74. The third-order valence-electron chi connectivity index (χ3n) is 3.96. The van der Waals surface area contributed by atoms with Crippen LogP contribution in [0.4, 0.5) is 5.95 Å². The Bertz CT molecular complexity index is 466. The quantitative estimate of drug-likeness (QED) is 0.855. The van der Waals surface area contributed by atoms with Gasteiger partial charge in [-0.25, -0.2) is 4.98 Å². The van der Waals surface area contributed by atoms with Crippen molar-refractivity contribution in [1.82, 2.24) is 14.5 Å². The van der Waals surface area contributed by atoms with Gasteiger partial charge in [0.15, 0.2) is 0 Å². The lowest BCUT2D eigenvalue weighted by molar-refractivity contribution is -0.00461. The van der Waals surface area contributed by atoms with E-state index < -0.39 is 0 Å². The minimum absolute atomic E-state index is 0.0599. The van der Waals surface area contributed by atoms with Gasteiger partial charge in [-0.3, -0.25) is 4.79 Å². The molecular weight excluding hydrogens is 260 g/mol. The molecule has 110 valence electrons. The van der Waals surface area contributed by atoms with E-state index in [1.165, 1.54) is 0 Å². The molecule has 3 heterocycles. The predicted octanol–water partition coefficient (Wildman–Crippen LogP) is 0.184. The zero-order valence-electron chi connectivity index (χ0n) is 11.8. The van der Waals surface area contributed by atoms with E-state index in [2.05, 4.69) is 10.3 Å². The minimum Gasteiger partial charge on any atom is -0.377 e. The maximum Gasteiger partial charge on any atom is 0.274 e. The molecule has 0 bridgehead atoms. The van der Waals surface area contributed by atoms with Gasteiger partial charge in [0, 0.05) is 46.6 Å². The van der Waals surface area contributed by atoms with E-state index in [0.29, 0.717) is 18.8 Å². The van der Waals surface area contributed by atoms with Gasteiger partial charge in [-0.2, -0.15) is 0 Å². The van der Waals surface area contributed by atoms with Crippen molar-refractivity contribution in [3.63, 3.8) is 0 Å². The van der Waals surface area contributed by atoms with Crippen LogP contribution in [0.15, 0.2) is 6.20 Å². The Morgan fingerprint density at radius 2 is 2.05 bits per heavy atom. The van der Waals surface area contributed by atoms with Crippen molar-refractivity contribution in [2.24, 2.45) is 0 Å². The highest BCUT2D eigenvalue weighted by atomic mass is 16.5. The first-order chi connectivity index (χ1) is 9.72. The van der Waals surface area contributed by atoms with Crippen LogP contribution < -0.4 is 5.32 Å². The van der Waals surface area contributed by atoms with E-state index in [1.807, 2.05) is 10.8 Å². The predicted molar refractivity (Wildman–Crippen MR) is 72.8 cm³/mol. The number of methoxy groups -OCH3 is 2. The van der Waals surface area contributed by atoms with Gasteiger partial charge in [0.2, 0.25) is 5.95 Å². The van der Waals surface area contributed by atoms with Gasteiger partial charge in [0.05, 0.1) is 0 Å². The van der Waals surface area contributed by atoms with Crippen molar-refractivity contribution < 1.29 is 14.3 Å². The molecule has 2 aliphatic heterocycles. The van der Waals surface area contributed by atoms with E-state index in [9.17, 15) is 4.79 Å². The summed E-state index contributed by atoms with van der Waals surface area (Å²) in [5.41, 5.74) is 0.487. The number of nitrogens with one attached hydrogen (secondary N) is 1. The number of nitrogens with zero attached hydrogens (tertiary/aromatic N) is 3. The van der Waals surface area contributed by atoms with E-state index in [0.717, 1.165) is 25.5 Å². The molecule has 2 unspecified atom stereocenters. The molecule has 1 aromatic heterocycles. The molecule has 7 heteroatoms. The number of imidazole rings is 1. The molecule has 0 aromatic carbocycles. The molecule has 0 saturated carbocycles. The molecular formula is C13H20N4O3. The lowest BCUT2D eigenvalue weighted by Gasteiger charge is -2.14. The summed E-state index contributed by atoms with van der Waals surface area (Å²) < 4.78 is 12.7. The van der Waals surface area contributed by atoms with Crippen molar-refractivity contribution >= 4 is 11.9 Å². The molecule has 1 saturated heterocycles. The first kappa shape index (κ1) is 13.4. The molecule has 0 aliphatic carbocycles. The fraction of sp³-hybridized carbons (Fsp3) is 0.692. The second-order valence-electron chi connectivity index (χ2n) is 5.18. The van der Waals surface area contributed by atoms with Crippen LogP contribution >= 0.6 is 0 Å². The van der Waals surface area contributed by atoms with Crippen LogP contribution in [0.2, 0.25) is 0 Å². The lowest BCUT2D eigenvalue weighted by atomic mass is 10.3. The average Bonchev–Trinajstić information content (AvgIpc) is 3.09. The SMILES string of the molecule is COC1CN(C(=O)c2cn3c(n2)NCCC3)CC1OC. The number of aromatic nitrogens is 2. The third-order valence-corrected chi connectivity index (χ3v) is 3.96. The highest BCUT2D eigenvalue weighted by Crippen LogP contribution is 2.20. The minimum atomic E-state index is -0.0701. The molecule has 0 spiro atoms. The summed E-state index contributed by atoms with van der Waals surface area (Å²) in [5, 5.41) is 3.20. The number of carbonyl (C=O) groups excluding carboxylic acids is 1. The fourth-order valence-electron chi connectivity index (χ4n) is 2.80. The average molecular weight is 280 g/mol. The number of hydrogen-bond donors (Lipinski definition) is 1. The van der Waals surface area contributed by atoms with Gasteiger partial charge in [-0.1, -0.05) is 0 Å². The van der Waals surface area contributed by atoms with Crippen molar-refractivity contribution in [2.45, 2.75) is 25.2 Å². The number of fused-ring (bicyclic) bond motifs is 1. The largest absolute Gasteiger partial charge is 0.377 e. The lowest BCUT2D eigenvalue weighted by Crippen LogP contribution is -2.30. The summed E-state index contributed by atoms with van der Waals surface area (Å²) in [6, 6.07) is 0. The van der Waals surface area contributed by atoms with E-state index in [1.54, 1.807) is 19.1 Å². The first-order valence-corrected chi connectivity index (χ1v) is 6.89. The number of anilines is 1. The van der Waals surface area contributed by atoms with Crippen LogP contribution in [0, 0.1) is 0 Å². The van der Waals surface area contributed by atoms with Crippen LogP contribution in [0.1, 0.15) is 16.9 Å². The molecule has 2 atom stereocenters. The smallest absolute Gasteiger partial charge is 0.274 e. The maximum atomic E-state index is 12.5. The Morgan fingerprint density at radius 1 is 1.35 bits per heavy atom. The summed E-state index contributed by atoms with van der Waals surface area (Å²) in [6.45, 7) is 2.91. The molecule has 1 N–H and O–H groups in total. The van der Waals surface area contributed by atoms with Gasteiger partial charge in [-0.05, 0) is 6.42 Å². The topological polar surface area (TPSA) is 68.6 Å². The van der Waals surface area contributed by atoms with Crippen molar-refractivity contribution in [3.05, 3.63) is 11.9 Å². The molecule has 2 aliphatic rings. The van der Waals surface area contributed by atoms with Gasteiger partial charge in [-0.15, -0.1) is 0 Å². The van der Waals surface area contributed by atoms with E-state index in [4.69, 9.17) is 9.47 Å². The molecule has 1 fully saturated rings. The van der Waals surface area contributed by atoms with Gasteiger partial charge < -0.3 is 24.3 Å². The van der Waals surface area contributed by atoms with Gasteiger partial charge in [0.1, 0.15) is 17.9 Å². The first-order valence-electron chi connectivity index (χ1n) is 6.89. The Kier molecular flexibility index (Phi) is 3.62. The second kappa shape index (κ2) is 5.41. The number of hydrogen-bond acceptors (Lipinski definition) is 5. The molecule has 3 rings (SSSR count). The van der Waals surface area contributed by atoms with Crippen molar-refractivity contribution in [3.8, 4) is 0 Å². The zero-order chi connectivity index (χ0) is 14.1. The monoisotopic (exact) mass is 280 g/mol. The Morgan fingerprint density at radius 3 is 2.65 bits per heavy atom. The molecule has 7 nitrogen and oxygen atoms in total. The zero-order valence-corrected chi connectivity index (χ0v) is 11.8. The van der Waals surface area contributed by atoms with Crippen LogP contribution in [0.3, 0.4) is 0 Å². The molecule has 20 heavy (non-hydrogen) atoms. The Hall–Kier alpha value is -1.60.